The van der Waals surface area contributed by atoms with E-state index in [1.165, 1.54) is 10.5 Å². The first-order valence-electron chi connectivity index (χ1n) is 5.40. The van der Waals surface area contributed by atoms with Crippen LogP contribution in [-0.4, -0.2) is 23.5 Å². The zero-order valence-electron chi connectivity index (χ0n) is 9.66. The number of hydrogen-bond donors (Lipinski definition) is 2. The fourth-order valence-electron chi connectivity index (χ4n) is 1.34. The zero-order valence-corrected chi connectivity index (χ0v) is 12.1. The summed E-state index contributed by atoms with van der Waals surface area (Å²) >= 11 is 5.36. The van der Waals surface area contributed by atoms with Gasteiger partial charge >= 0.3 is 0 Å². The molecule has 0 bridgehead atoms. The molecule has 0 aromatic heterocycles. The molecule has 1 rings (SSSR count). The van der Waals surface area contributed by atoms with E-state index in [1.807, 2.05) is 11.8 Å². The SMILES string of the molecule is CC(C)Sc1cc(Br)ccc1CNCCO. The van der Waals surface area contributed by atoms with E-state index in [2.05, 4.69) is 53.3 Å². The van der Waals surface area contributed by atoms with Crippen LogP contribution in [0.25, 0.3) is 0 Å². The predicted octanol–water partition coefficient (Wildman–Crippen LogP) is 3.03. The van der Waals surface area contributed by atoms with Gasteiger partial charge in [0.1, 0.15) is 0 Å². The average Bonchev–Trinajstić information content (AvgIpc) is 2.20. The van der Waals surface area contributed by atoms with Crippen molar-refractivity contribution in [3.05, 3.63) is 28.2 Å². The van der Waals surface area contributed by atoms with Gasteiger partial charge in [-0.05, 0) is 17.7 Å². The molecule has 0 saturated carbocycles. The molecule has 1 aromatic carbocycles. The van der Waals surface area contributed by atoms with E-state index in [0.717, 1.165) is 11.0 Å². The highest BCUT2D eigenvalue weighted by molar-refractivity contribution is 9.10. The summed E-state index contributed by atoms with van der Waals surface area (Å²) in [5.41, 5.74) is 1.29. The summed E-state index contributed by atoms with van der Waals surface area (Å²) < 4.78 is 1.11. The number of aliphatic hydroxyl groups is 1. The molecule has 90 valence electrons. The largest absolute Gasteiger partial charge is 0.395 e. The van der Waals surface area contributed by atoms with Crippen molar-refractivity contribution in [2.24, 2.45) is 0 Å². The van der Waals surface area contributed by atoms with Crippen LogP contribution >= 0.6 is 27.7 Å². The highest BCUT2D eigenvalue weighted by Crippen LogP contribution is 2.29. The normalized spacial score (nSPS) is 11.1. The van der Waals surface area contributed by atoms with E-state index in [1.54, 1.807) is 0 Å². The molecule has 0 atom stereocenters. The third-order valence-electron chi connectivity index (χ3n) is 2.00. The molecule has 0 aliphatic carbocycles. The van der Waals surface area contributed by atoms with Crippen molar-refractivity contribution in [3.8, 4) is 0 Å². The van der Waals surface area contributed by atoms with Gasteiger partial charge in [-0.2, -0.15) is 0 Å². The second-order valence-corrected chi connectivity index (χ2v) is 6.35. The van der Waals surface area contributed by atoms with E-state index in [-0.39, 0.29) is 6.61 Å². The van der Waals surface area contributed by atoms with Gasteiger partial charge < -0.3 is 10.4 Å². The number of rotatable bonds is 6. The summed E-state index contributed by atoms with van der Waals surface area (Å²) in [6.07, 6.45) is 0. The maximum Gasteiger partial charge on any atom is 0.0556 e. The quantitative estimate of drug-likeness (QED) is 0.626. The van der Waals surface area contributed by atoms with E-state index in [9.17, 15) is 0 Å². The van der Waals surface area contributed by atoms with Crippen LogP contribution in [0.2, 0.25) is 0 Å². The van der Waals surface area contributed by atoms with Crippen molar-refractivity contribution >= 4 is 27.7 Å². The van der Waals surface area contributed by atoms with Gasteiger partial charge in [-0.15, -0.1) is 11.8 Å². The Hall–Kier alpha value is -0.0300. The Labute approximate surface area is 110 Å². The van der Waals surface area contributed by atoms with E-state index >= 15 is 0 Å². The lowest BCUT2D eigenvalue weighted by atomic mass is 10.2. The molecule has 0 radical (unpaired) electrons. The molecule has 1 aromatic rings. The van der Waals surface area contributed by atoms with Crippen LogP contribution in [0.5, 0.6) is 0 Å². The first kappa shape index (κ1) is 14.0. The van der Waals surface area contributed by atoms with Crippen LogP contribution < -0.4 is 5.32 Å². The van der Waals surface area contributed by atoms with Crippen molar-refractivity contribution in [1.82, 2.24) is 5.32 Å². The Balaban J connectivity index is 2.72. The molecule has 0 aliphatic heterocycles. The zero-order chi connectivity index (χ0) is 12.0. The van der Waals surface area contributed by atoms with Crippen molar-refractivity contribution in [2.45, 2.75) is 30.5 Å². The van der Waals surface area contributed by atoms with Gasteiger partial charge in [-0.3, -0.25) is 0 Å². The van der Waals surface area contributed by atoms with E-state index < -0.39 is 0 Å². The smallest absolute Gasteiger partial charge is 0.0556 e. The van der Waals surface area contributed by atoms with Crippen LogP contribution in [0.4, 0.5) is 0 Å². The predicted molar refractivity (Wildman–Crippen MR) is 73.9 cm³/mol. The molecular weight excluding hydrogens is 286 g/mol. The molecule has 4 heteroatoms. The lowest BCUT2D eigenvalue weighted by molar-refractivity contribution is 0.292. The van der Waals surface area contributed by atoms with Gasteiger partial charge in [0, 0.05) is 27.7 Å². The second kappa shape index (κ2) is 7.33. The van der Waals surface area contributed by atoms with Crippen molar-refractivity contribution in [2.75, 3.05) is 13.2 Å². The van der Waals surface area contributed by atoms with Crippen molar-refractivity contribution in [1.29, 1.82) is 0 Å². The fraction of sp³-hybridized carbons (Fsp3) is 0.500. The summed E-state index contributed by atoms with van der Waals surface area (Å²) in [5, 5.41) is 12.5. The molecule has 0 unspecified atom stereocenters. The summed E-state index contributed by atoms with van der Waals surface area (Å²) in [4.78, 5) is 1.30. The molecule has 2 N–H and O–H groups in total. The van der Waals surface area contributed by atoms with Crippen molar-refractivity contribution < 1.29 is 5.11 Å². The standard InChI is InChI=1S/C12H18BrNOS/c1-9(2)16-12-7-11(13)4-3-10(12)8-14-5-6-15/h3-4,7,9,14-15H,5-6,8H2,1-2H3. The number of benzene rings is 1. The van der Waals surface area contributed by atoms with Crippen molar-refractivity contribution in [3.63, 3.8) is 0 Å². The van der Waals surface area contributed by atoms with Gasteiger partial charge in [-0.1, -0.05) is 35.8 Å². The van der Waals surface area contributed by atoms with Gasteiger partial charge in [0.05, 0.1) is 6.61 Å². The minimum absolute atomic E-state index is 0.184. The molecule has 0 heterocycles. The third kappa shape index (κ3) is 4.87. The maximum absolute atomic E-state index is 8.73. The topological polar surface area (TPSA) is 32.3 Å². The number of halogens is 1. The molecule has 0 spiro atoms. The van der Waals surface area contributed by atoms with Gasteiger partial charge in [0.2, 0.25) is 0 Å². The summed E-state index contributed by atoms with van der Waals surface area (Å²) in [6, 6.07) is 6.33. The molecule has 0 fully saturated rings. The maximum atomic E-state index is 8.73. The molecule has 2 nitrogen and oxygen atoms in total. The number of hydrogen-bond acceptors (Lipinski definition) is 3. The van der Waals surface area contributed by atoms with E-state index in [0.29, 0.717) is 11.8 Å². The summed E-state index contributed by atoms with van der Waals surface area (Å²) in [6.45, 7) is 6.01. The Morgan fingerprint density at radius 3 is 2.81 bits per heavy atom. The molecular formula is C12H18BrNOS. The Kier molecular flexibility index (Phi) is 6.43. The van der Waals surface area contributed by atoms with Crippen LogP contribution in [0, 0.1) is 0 Å². The Morgan fingerprint density at radius 1 is 1.44 bits per heavy atom. The first-order chi connectivity index (χ1) is 7.63. The highest BCUT2D eigenvalue weighted by atomic mass is 79.9. The second-order valence-electron chi connectivity index (χ2n) is 3.82. The average molecular weight is 304 g/mol. The van der Waals surface area contributed by atoms with Crippen LogP contribution in [0.1, 0.15) is 19.4 Å². The minimum atomic E-state index is 0.184. The molecule has 0 saturated heterocycles. The third-order valence-corrected chi connectivity index (χ3v) is 3.59. The summed E-state index contributed by atoms with van der Waals surface area (Å²) in [7, 11) is 0. The lowest BCUT2D eigenvalue weighted by Gasteiger charge is -2.12. The lowest BCUT2D eigenvalue weighted by Crippen LogP contribution is -2.17. The molecule has 0 aliphatic rings. The Bertz CT molecular complexity index is 331. The fourth-order valence-corrected chi connectivity index (χ4v) is 2.85. The summed E-state index contributed by atoms with van der Waals surface area (Å²) in [5.74, 6) is 0. The monoisotopic (exact) mass is 303 g/mol. The van der Waals surface area contributed by atoms with Crippen LogP contribution in [0.15, 0.2) is 27.6 Å². The first-order valence-corrected chi connectivity index (χ1v) is 7.07. The number of aliphatic hydroxyl groups excluding tert-OH is 1. The number of nitrogens with one attached hydrogen (secondary N) is 1. The number of thioether (sulfide) groups is 1. The minimum Gasteiger partial charge on any atom is -0.395 e. The van der Waals surface area contributed by atoms with Gasteiger partial charge in [0.25, 0.3) is 0 Å². The van der Waals surface area contributed by atoms with Crippen LogP contribution in [0.3, 0.4) is 0 Å². The highest BCUT2D eigenvalue weighted by Gasteiger charge is 2.05. The molecule has 16 heavy (non-hydrogen) atoms. The van der Waals surface area contributed by atoms with Gasteiger partial charge in [-0.25, -0.2) is 0 Å². The molecule has 0 amide bonds. The Morgan fingerprint density at radius 2 is 2.19 bits per heavy atom. The van der Waals surface area contributed by atoms with Crippen LogP contribution in [-0.2, 0) is 6.54 Å². The van der Waals surface area contributed by atoms with E-state index in [4.69, 9.17) is 5.11 Å². The van der Waals surface area contributed by atoms with Gasteiger partial charge in [0.15, 0.2) is 0 Å².